The Morgan fingerprint density at radius 3 is 2.19 bits per heavy atom. The summed E-state index contributed by atoms with van der Waals surface area (Å²) in [6.07, 6.45) is 0. The quantitative estimate of drug-likeness (QED) is 0.755. The van der Waals surface area contributed by atoms with Crippen molar-refractivity contribution in [3.63, 3.8) is 0 Å². The lowest BCUT2D eigenvalue weighted by atomic mass is 10.1. The van der Waals surface area contributed by atoms with Crippen LogP contribution in [0.1, 0.15) is 18.5 Å². The van der Waals surface area contributed by atoms with Crippen LogP contribution in [0.15, 0.2) is 53.4 Å². The lowest BCUT2D eigenvalue weighted by Gasteiger charge is -2.15. The maximum absolute atomic E-state index is 12.1. The maximum atomic E-state index is 12.1. The Bertz CT molecular complexity index is 850. The van der Waals surface area contributed by atoms with Crippen LogP contribution >= 0.6 is 11.6 Å². The zero-order chi connectivity index (χ0) is 19.3. The van der Waals surface area contributed by atoms with E-state index in [4.69, 9.17) is 11.6 Å². The molecule has 2 N–H and O–H groups in total. The van der Waals surface area contributed by atoms with Crippen LogP contribution in [0.4, 0.5) is 5.69 Å². The van der Waals surface area contributed by atoms with Gasteiger partial charge in [-0.15, -0.1) is 0 Å². The summed E-state index contributed by atoms with van der Waals surface area (Å²) in [6.45, 7) is 2.08. The SMILES string of the molecule is C[C@@H](NCC(=O)Nc1ccc(S(=O)(=O)N(C)C)cc1)c1ccc(Cl)cc1. The number of halogens is 1. The molecule has 26 heavy (non-hydrogen) atoms. The van der Waals surface area contributed by atoms with Gasteiger partial charge in [0.05, 0.1) is 11.4 Å². The first-order valence-electron chi connectivity index (χ1n) is 8.01. The first-order valence-corrected chi connectivity index (χ1v) is 9.83. The lowest BCUT2D eigenvalue weighted by Crippen LogP contribution is -2.30. The van der Waals surface area contributed by atoms with E-state index in [1.165, 1.54) is 26.2 Å². The highest BCUT2D eigenvalue weighted by Crippen LogP contribution is 2.17. The molecule has 0 radical (unpaired) electrons. The summed E-state index contributed by atoms with van der Waals surface area (Å²) in [5, 5.41) is 6.53. The van der Waals surface area contributed by atoms with E-state index >= 15 is 0 Å². The largest absolute Gasteiger partial charge is 0.325 e. The van der Waals surface area contributed by atoms with Crippen LogP contribution in [0.25, 0.3) is 0 Å². The molecule has 2 aromatic rings. The van der Waals surface area contributed by atoms with Gasteiger partial charge in [-0.05, 0) is 48.9 Å². The number of anilines is 1. The minimum atomic E-state index is -3.48. The normalized spacial score (nSPS) is 12.8. The number of nitrogens with zero attached hydrogens (tertiary/aromatic N) is 1. The zero-order valence-electron chi connectivity index (χ0n) is 14.9. The Hall–Kier alpha value is -1.93. The van der Waals surface area contributed by atoms with Gasteiger partial charge in [0.15, 0.2) is 0 Å². The number of carbonyl (C=O) groups excluding carboxylic acids is 1. The van der Waals surface area contributed by atoms with Gasteiger partial charge in [-0.1, -0.05) is 23.7 Å². The third kappa shape index (κ3) is 5.28. The molecule has 6 nitrogen and oxygen atoms in total. The lowest BCUT2D eigenvalue weighted by molar-refractivity contribution is -0.115. The summed E-state index contributed by atoms with van der Waals surface area (Å²) >= 11 is 5.87. The molecule has 1 atom stereocenters. The van der Waals surface area contributed by atoms with Gasteiger partial charge in [0.2, 0.25) is 15.9 Å². The third-order valence-corrected chi connectivity index (χ3v) is 5.94. The van der Waals surface area contributed by atoms with Crippen LogP contribution in [-0.2, 0) is 14.8 Å². The molecule has 0 saturated heterocycles. The minimum absolute atomic E-state index is 0.00868. The first-order chi connectivity index (χ1) is 12.2. The van der Waals surface area contributed by atoms with Crippen molar-refractivity contribution in [3.05, 3.63) is 59.1 Å². The molecule has 0 aliphatic rings. The van der Waals surface area contributed by atoms with Gasteiger partial charge < -0.3 is 10.6 Å². The molecular weight excluding hydrogens is 374 g/mol. The monoisotopic (exact) mass is 395 g/mol. The van der Waals surface area contributed by atoms with Gasteiger partial charge in [-0.3, -0.25) is 4.79 Å². The molecule has 0 fully saturated rings. The van der Waals surface area contributed by atoms with E-state index in [0.29, 0.717) is 10.7 Å². The minimum Gasteiger partial charge on any atom is -0.325 e. The standard InChI is InChI=1S/C18H22ClN3O3S/c1-13(14-4-6-15(19)7-5-14)20-12-18(23)21-16-8-10-17(11-9-16)26(24,25)22(2)3/h4-11,13,20H,12H2,1-3H3,(H,21,23)/t13-/m1/s1. The Morgan fingerprint density at radius 2 is 1.65 bits per heavy atom. The molecule has 140 valence electrons. The van der Waals surface area contributed by atoms with Gasteiger partial charge in [0.25, 0.3) is 0 Å². The average Bonchev–Trinajstić information content (AvgIpc) is 2.60. The average molecular weight is 396 g/mol. The summed E-state index contributed by atoms with van der Waals surface area (Å²) < 4.78 is 25.2. The molecule has 0 heterocycles. The second-order valence-electron chi connectivity index (χ2n) is 6.01. The predicted octanol–water partition coefficient (Wildman–Crippen LogP) is 2.88. The van der Waals surface area contributed by atoms with E-state index in [1.807, 2.05) is 19.1 Å². The van der Waals surface area contributed by atoms with Crippen LogP contribution < -0.4 is 10.6 Å². The fraction of sp³-hybridized carbons (Fsp3) is 0.278. The van der Waals surface area contributed by atoms with E-state index in [2.05, 4.69) is 10.6 Å². The topological polar surface area (TPSA) is 78.5 Å². The third-order valence-electron chi connectivity index (χ3n) is 3.86. The summed E-state index contributed by atoms with van der Waals surface area (Å²) in [5.74, 6) is -0.214. The molecule has 1 amide bonds. The van der Waals surface area contributed by atoms with Gasteiger partial charge >= 0.3 is 0 Å². The number of hydrogen-bond donors (Lipinski definition) is 2. The van der Waals surface area contributed by atoms with Gasteiger partial charge in [-0.2, -0.15) is 0 Å². The zero-order valence-corrected chi connectivity index (χ0v) is 16.4. The smallest absolute Gasteiger partial charge is 0.242 e. The number of sulfonamides is 1. The Balaban J connectivity index is 1.90. The Morgan fingerprint density at radius 1 is 1.08 bits per heavy atom. The van der Waals surface area contributed by atoms with Gasteiger partial charge in [-0.25, -0.2) is 12.7 Å². The molecule has 2 aromatic carbocycles. The summed E-state index contributed by atoms with van der Waals surface area (Å²) in [6, 6.07) is 13.5. The number of benzene rings is 2. The molecule has 0 aromatic heterocycles. The van der Waals surface area contributed by atoms with Crippen molar-refractivity contribution in [2.75, 3.05) is 26.0 Å². The summed E-state index contributed by atoms with van der Waals surface area (Å²) in [7, 11) is -0.537. The van der Waals surface area contributed by atoms with Crippen molar-refractivity contribution in [1.82, 2.24) is 9.62 Å². The fourth-order valence-electron chi connectivity index (χ4n) is 2.24. The van der Waals surface area contributed by atoms with Crippen LogP contribution in [0.3, 0.4) is 0 Å². The first kappa shape index (κ1) is 20.4. The molecule has 0 aliphatic heterocycles. The highest BCUT2D eigenvalue weighted by atomic mass is 35.5. The molecular formula is C18H22ClN3O3S. The summed E-state index contributed by atoms with van der Waals surface area (Å²) in [4.78, 5) is 12.2. The maximum Gasteiger partial charge on any atom is 0.242 e. The molecule has 0 saturated carbocycles. The van der Waals surface area contributed by atoms with E-state index in [0.717, 1.165) is 9.87 Å². The van der Waals surface area contributed by atoms with E-state index in [9.17, 15) is 13.2 Å². The highest BCUT2D eigenvalue weighted by Gasteiger charge is 2.16. The van der Waals surface area contributed by atoms with Crippen LogP contribution in [0.2, 0.25) is 5.02 Å². The molecule has 0 spiro atoms. The predicted molar refractivity (Wildman–Crippen MR) is 104 cm³/mol. The molecule has 0 unspecified atom stereocenters. The molecule has 2 rings (SSSR count). The Labute approximate surface area is 159 Å². The number of carbonyl (C=O) groups is 1. The molecule has 8 heteroatoms. The highest BCUT2D eigenvalue weighted by molar-refractivity contribution is 7.89. The van der Waals surface area contributed by atoms with Crippen molar-refractivity contribution >= 4 is 33.2 Å². The van der Waals surface area contributed by atoms with Crippen molar-refractivity contribution in [2.24, 2.45) is 0 Å². The van der Waals surface area contributed by atoms with Crippen LogP contribution in [0, 0.1) is 0 Å². The fourth-order valence-corrected chi connectivity index (χ4v) is 3.27. The number of amides is 1. The van der Waals surface area contributed by atoms with E-state index in [1.54, 1.807) is 24.3 Å². The van der Waals surface area contributed by atoms with Crippen LogP contribution in [0.5, 0.6) is 0 Å². The second-order valence-corrected chi connectivity index (χ2v) is 8.60. The van der Waals surface area contributed by atoms with Crippen molar-refractivity contribution in [1.29, 1.82) is 0 Å². The van der Waals surface area contributed by atoms with E-state index in [-0.39, 0.29) is 23.4 Å². The summed E-state index contributed by atoms with van der Waals surface area (Å²) in [5.41, 5.74) is 1.56. The Kier molecular flexibility index (Phi) is 6.77. The molecule has 0 bridgehead atoms. The van der Waals surface area contributed by atoms with Gasteiger partial charge in [0, 0.05) is 30.8 Å². The number of hydrogen-bond acceptors (Lipinski definition) is 4. The van der Waals surface area contributed by atoms with Gasteiger partial charge in [0.1, 0.15) is 0 Å². The number of rotatable bonds is 7. The van der Waals surface area contributed by atoms with Crippen molar-refractivity contribution < 1.29 is 13.2 Å². The van der Waals surface area contributed by atoms with Crippen LogP contribution in [-0.4, -0.2) is 39.3 Å². The second kappa shape index (κ2) is 8.64. The van der Waals surface area contributed by atoms with Crippen molar-refractivity contribution in [3.8, 4) is 0 Å². The van der Waals surface area contributed by atoms with E-state index < -0.39 is 10.0 Å². The number of nitrogens with one attached hydrogen (secondary N) is 2. The van der Waals surface area contributed by atoms with Crippen molar-refractivity contribution in [2.45, 2.75) is 17.9 Å². The molecule has 0 aliphatic carbocycles.